The summed E-state index contributed by atoms with van der Waals surface area (Å²) >= 11 is 6.03. The van der Waals surface area contributed by atoms with Crippen molar-refractivity contribution in [2.75, 3.05) is 13.7 Å². The van der Waals surface area contributed by atoms with Crippen LogP contribution in [0.3, 0.4) is 0 Å². The summed E-state index contributed by atoms with van der Waals surface area (Å²) in [5, 5.41) is 5.36. The quantitative estimate of drug-likeness (QED) is 0.568. The fraction of sp³-hybridized carbons (Fsp3) is 0.167. The predicted octanol–water partition coefficient (Wildman–Crippen LogP) is 5.57. The first-order valence-corrected chi connectivity index (χ1v) is 10.2. The van der Waals surface area contributed by atoms with Crippen molar-refractivity contribution >= 4 is 28.8 Å². The Bertz CT molecular complexity index is 1090. The molecule has 1 aliphatic heterocycles. The van der Waals surface area contributed by atoms with Gasteiger partial charge in [-0.25, -0.2) is 4.99 Å². The van der Waals surface area contributed by atoms with Crippen LogP contribution in [0.5, 0.6) is 11.5 Å². The van der Waals surface area contributed by atoms with Crippen LogP contribution in [0.2, 0.25) is 5.02 Å². The largest absolute Gasteiger partial charge is 0.497 e. The predicted molar refractivity (Wildman–Crippen MR) is 122 cm³/mol. The summed E-state index contributed by atoms with van der Waals surface area (Å²) in [5.41, 5.74) is 7.43. The number of nitrogens with zero attached hydrogens (tertiary/aromatic N) is 2. The maximum atomic E-state index is 6.03. The highest BCUT2D eigenvalue weighted by molar-refractivity contribution is 6.30. The van der Waals surface area contributed by atoms with Crippen molar-refractivity contribution in [2.24, 2.45) is 10.1 Å². The number of benzene rings is 3. The average Bonchev–Trinajstić information content (AvgIpc) is 2.98. The minimum absolute atomic E-state index is 0.649. The van der Waals surface area contributed by atoms with Gasteiger partial charge in [0.05, 0.1) is 19.4 Å². The second kappa shape index (κ2) is 9.01. The first-order chi connectivity index (χ1) is 14.7. The molecule has 3 aromatic rings. The molecule has 0 radical (unpaired) electrons. The number of rotatable bonds is 6. The van der Waals surface area contributed by atoms with E-state index in [4.69, 9.17) is 26.1 Å². The molecule has 5 nitrogen and oxygen atoms in total. The second-order valence-electron chi connectivity index (χ2n) is 6.80. The SMILES string of the molecule is CCCOc1ccc(C2=NNC(c3ccc(Cl)cc3)=Nc3ccc(OC)cc32)cc1. The van der Waals surface area contributed by atoms with Crippen LogP contribution < -0.4 is 14.9 Å². The van der Waals surface area contributed by atoms with Crippen molar-refractivity contribution in [3.05, 3.63) is 88.4 Å². The van der Waals surface area contributed by atoms with Crippen LogP contribution in [0.4, 0.5) is 5.69 Å². The van der Waals surface area contributed by atoms with E-state index in [0.29, 0.717) is 17.5 Å². The molecule has 3 aromatic carbocycles. The van der Waals surface area contributed by atoms with Crippen LogP contribution in [0.1, 0.15) is 30.0 Å². The van der Waals surface area contributed by atoms with Crippen molar-refractivity contribution in [1.82, 2.24) is 5.43 Å². The lowest BCUT2D eigenvalue weighted by atomic mass is 10.0. The van der Waals surface area contributed by atoms with E-state index in [1.54, 1.807) is 7.11 Å². The number of amidine groups is 1. The Balaban J connectivity index is 1.76. The van der Waals surface area contributed by atoms with E-state index < -0.39 is 0 Å². The molecule has 1 aliphatic rings. The molecule has 152 valence electrons. The van der Waals surface area contributed by atoms with E-state index in [-0.39, 0.29) is 0 Å². The van der Waals surface area contributed by atoms with E-state index in [1.165, 1.54) is 0 Å². The zero-order chi connectivity index (χ0) is 20.9. The normalized spacial score (nSPS) is 12.8. The van der Waals surface area contributed by atoms with Gasteiger partial charge < -0.3 is 9.47 Å². The van der Waals surface area contributed by atoms with Crippen LogP contribution in [-0.4, -0.2) is 25.3 Å². The molecule has 0 fully saturated rings. The number of fused-ring (bicyclic) bond motifs is 1. The van der Waals surface area contributed by atoms with Crippen LogP contribution in [-0.2, 0) is 0 Å². The number of hydrazone groups is 1. The van der Waals surface area contributed by atoms with E-state index in [2.05, 4.69) is 17.5 Å². The molecule has 30 heavy (non-hydrogen) atoms. The van der Waals surface area contributed by atoms with Gasteiger partial charge in [0, 0.05) is 21.7 Å². The van der Waals surface area contributed by atoms with Gasteiger partial charge in [0.1, 0.15) is 17.2 Å². The van der Waals surface area contributed by atoms with Gasteiger partial charge in [0.15, 0.2) is 5.84 Å². The first kappa shape index (κ1) is 20.0. The van der Waals surface area contributed by atoms with Gasteiger partial charge in [-0.1, -0.05) is 18.5 Å². The Labute approximate surface area is 181 Å². The number of aliphatic imine (C=N–C) groups is 1. The number of nitrogens with one attached hydrogen (secondary N) is 1. The standard InChI is InChI=1S/C24H22ClN3O2/c1-3-14-30-19-10-6-16(7-11-19)23-21-15-20(29-2)12-13-22(21)26-24(28-27-23)17-4-8-18(25)9-5-17/h4-13,15H,3,14H2,1-2H3,(H,26,28). The zero-order valence-corrected chi connectivity index (χ0v) is 17.6. The molecule has 1 N–H and O–H groups in total. The third kappa shape index (κ3) is 4.31. The Morgan fingerprint density at radius 3 is 2.30 bits per heavy atom. The smallest absolute Gasteiger partial charge is 0.154 e. The van der Waals surface area contributed by atoms with Crippen molar-refractivity contribution in [1.29, 1.82) is 0 Å². The molecular weight excluding hydrogens is 398 g/mol. The topological polar surface area (TPSA) is 55.2 Å². The molecule has 0 saturated carbocycles. The third-order valence-corrected chi connectivity index (χ3v) is 4.93. The minimum Gasteiger partial charge on any atom is -0.497 e. The summed E-state index contributed by atoms with van der Waals surface area (Å²) in [6.07, 6.45) is 0.969. The summed E-state index contributed by atoms with van der Waals surface area (Å²) in [7, 11) is 1.65. The van der Waals surface area contributed by atoms with Crippen LogP contribution in [0, 0.1) is 0 Å². The summed E-state index contributed by atoms with van der Waals surface area (Å²) < 4.78 is 11.1. The van der Waals surface area contributed by atoms with Crippen LogP contribution in [0.15, 0.2) is 76.8 Å². The summed E-state index contributed by atoms with van der Waals surface area (Å²) in [5.74, 6) is 2.23. The highest BCUT2D eigenvalue weighted by atomic mass is 35.5. The third-order valence-electron chi connectivity index (χ3n) is 4.68. The Morgan fingerprint density at radius 1 is 0.900 bits per heavy atom. The number of methoxy groups -OCH3 is 1. The first-order valence-electron chi connectivity index (χ1n) is 9.78. The molecule has 0 saturated heterocycles. The molecule has 0 aliphatic carbocycles. The molecule has 0 unspecified atom stereocenters. The maximum Gasteiger partial charge on any atom is 0.154 e. The highest BCUT2D eigenvalue weighted by Gasteiger charge is 2.18. The summed E-state index contributed by atoms with van der Waals surface area (Å²) in [6, 6.07) is 21.2. The molecule has 0 aromatic heterocycles. The molecule has 0 bridgehead atoms. The zero-order valence-electron chi connectivity index (χ0n) is 16.9. The second-order valence-corrected chi connectivity index (χ2v) is 7.23. The van der Waals surface area contributed by atoms with Gasteiger partial charge in [0.2, 0.25) is 0 Å². The maximum absolute atomic E-state index is 6.03. The number of hydrogen-bond donors (Lipinski definition) is 1. The van der Waals surface area contributed by atoms with E-state index in [0.717, 1.165) is 46.0 Å². The van der Waals surface area contributed by atoms with Gasteiger partial charge in [-0.05, 0) is 73.2 Å². The average molecular weight is 420 g/mol. The van der Waals surface area contributed by atoms with E-state index in [9.17, 15) is 0 Å². The molecule has 4 rings (SSSR count). The molecule has 0 amide bonds. The summed E-state index contributed by atoms with van der Waals surface area (Å²) in [4.78, 5) is 4.82. The molecular formula is C24H22ClN3O2. The van der Waals surface area contributed by atoms with E-state index in [1.807, 2.05) is 66.7 Å². The Morgan fingerprint density at radius 2 is 1.60 bits per heavy atom. The molecule has 1 heterocycles. The van der Waals surface area contributed by atoms with Crippen LogP contribution >= 0.6 is 11.6 Å². The molecule has 0 spiro atoms. The fourth-order valence-corrected chi connectivity index (χ4v) is 3.26. The molecule has 0 atom stereocenters. The van der Waals surface area contributed by atoms with E-state index >= 15 is 0 Å². The van der Waals surface area contributed by atoms with Gasteiger partial charge in [-0.15, -0.1) is 0 Å². The number of hydrogen-bond acceptors (Lipinski definition) is 5. The lowest BCUT2D eigenvalue weighted by molar-refractivity contribution is 0.317. The fourth-order valence-electron chi connectivity index (χ4n) is 3.13. The number of ether oxygens (including phenoxy) is 2. The number of halogens is 1. The summed E-state index contributed by atoms with van der Waals surface area (Å²) in [6.45, 7) is 2.78. The monoisotopic (exact) mass is 419 g/mol. The van der Waals surface area contributed by atoms with Gasteiger partial charge in [-0.3, -0.25) is 5.43 Å². The Kier molecular flexibility index (Phi) is 6.00. The molecule has 6 heteroatoms. The van der Waals surface area contributed by atoms with Crippen molar-refractivity contribution in [3.8, 4) is 11.5 Å². The van der Waals surface area contributed by atoms with Crippen molar-refractivity contribution in [2.45, 2.75) is 13.3 Å². The lowest BCUT2D eigenvalue weighted by Gasteiger charge is -2.11. The lowest BCUT2D eigenvalue weighted by Crippen LogP contribution is -2.19. The Hall–Kier alpha value is -3.31. The van der Waals surface area contributed by atoms with Crippen molar-refractivity contribution < 1.29 is 9.47 Å². The van der Waals surface area contributed by atoms with Gasteiger partial charge in [0.25, 0.3) is 0 Å². The van der Waals surface area contributed by atoms with Gasteiger partial charge in [-0.2, -0.15) is 5.10 Å². The highest BCUT2D eigenvalue weighted by Crippen LogP contribution is 2.30. The van der Waals surface area contributed by atoms with Crippen LogP contribution in [0.25, 0.3) is 0 Å². The van der Waals surface area contributed by atoms with Gasteiger partial charge >= 0.3 is 0 Å². The van der Waals surface area contributed by atoms with Crippen molar-refractivity contribution in [3.63, 3.8) is 0 Å². The minimum atomic E-state index is 0.649.